The van der Waals surface area contributed by atoms with E-state index < -0.39 is 12.1 Å². The zero-order valence-electron chi connectivity index (χ0n) is 8.73. The van der Waals surface area contributed by atoms with Gasteiger partial charge in [-0.05, 0) is 13.0 Å². The molecule has 0 bridgehead atoms. The minimum absolute atomic E-state index is 0.0810. The van der Waals surface area contributed by atoms with Crippen LogP contribution in [-0.4, -0.2) is 35.2 Å². The first-order valence-electron chi connectivity index (χ1n) is 4.82. The van der Waals surface area contributed by atoms with Crippen molar-refractivity contribution >= 4 is 12.1 Å². The molecular formula is C10H11NO5. The van der Waals surface area contributed by atoms with Crippen molar-refractivity contribution in [2.75, 3.05) is 13.2 Å². The summed E-state index contributed by atoms with van der Waals surface area (Å²) in [6.45, 7) is 2.76. The molecule has 0 aromatic carbocycles. The van der Waals surface area contributed by atoms with Gasteiger partial charge in [-0.1, -0.05) is 0 Å². The van der Waals surface area contributed by atoms with E-state index in [0.717, 1.165) is 0 Å². The van der Waals surface area contributed by atoms with Gasteiger partial charge in [0.1, 0.15) is 12.4 Å². The number of ether oxygens (including phenoxy) is 1. The molecule has 0 saturated carbocycles. The molecule has 6 heteroatoms. The fourth-order valence-electron chi connectivity index (χ4n) is 1.60. The Hall–Kier alpha value is -1.98. The van der Waals surface area contributed by atoms with Gasteiger partial charge in [0, 0.05) is 5.56 Å². The second-order valence-electron chi connectivity index (χ2n) is 3.57. The molecule has 1 N–H and O–H groups in total. The number of carboxylic acids is 1. The summed E-state index contributed by atoms with van der Waals surface area (Å²) < 4.78 is 9.89. The minimum Gasteiger partial charge on any atom is -0.475 e. The average Bonchev–Trinajstić information content (AvgIpc) is 2.75. The molecule has 1 aliphatic rings. The van der Waals surface area contributed by atoms with E-state index in [2.05, 4.69) is 0 Å². The fraction of sp³-hybridized carbons (Fsp3) is 0.400. The number of rotatable bonds is 3. The molecule has 0 radical (unpaired) electrons. The highest BCUT2D eigenvalue weighted by Crippen LogP contribution is 2.17. The number of hydrogen-bond acceptors (Lipinski definition) is 4. The second-order valence-corrected chi connectivity index (χ2v) is 3.57. The standard InChI is InChI=1S/C10H11NO5/c1-6-4-7(16-8(6)9(12)13)5-11-2-3-15-10(11)14/h4H,2-3,5H2,1H3,(H,12,13). The van der Waals surface area contributed by atoms with Gasteiger partial charge in [0.25, 0.3) is 0 Å². The van der Waals surface area contributed by atoms with E-state index in [9.17, 15) is 9.59 Å². The third kappa shape index (κ3) is 1.86. The molecule has 0 spiro atoms. The van der Waals surface area contributed by atoms with Crippen LogP contribution >= 0.6 is 0 Å². The molecule has 1 aromatic rings. The zero-order chi connectivity index (χ0) is 11.7. The predicted octanol–water partition coefficient (Wildman–Crippen LogP) is 1.24. The van der Waals surface area contributed by atoms with Gasteiger partial charge in [-0.15, -0.1) is 0 Å². The Balaban J connectivity index is 2.13. The number of furan rings is 1. The maximum absolute atomic E-state index is 11.1. The molecule has 16 heavy (non-hydrogen) atoms. The fourth-order valence-corrected chi connectivity index (χ4v) is 1.60. The van der Waals surface area contributed by atoms with Crippen molar-refractivity contribution in [2.45, 2.75) is 13.5 Å². The SMILES string of the molecule is Cc1cc(CN2CCOC2=O)oc1C(=O)O. The van der Waals surface area contributed by atoms with Gasteiger partial charge in [-0.2, -0.15) is 0 Å². The van der Waals surface area contributed by atoms with Gasteiger partial charge >= 0.3 is 12.1 Å². The van der Waals surface area contributed by atoms with Crippen molar-refractivity contribution in [1.82, 2.24) is 4.90 Å². The summed E-state index contributed by atoms with van der Waals surface area (Å²) in [7, 11) is 0. The van der Waals surface area contributed by atoms with Crippen LogP contribution in [0, 0.1) is 6.92 Å². The van der Waals surface area contributed by atoms with Crippen LogP contribution in [0.25, 0.3) is 0 Å². The first-order valence-corrected chi connectivity index (χ1v) is 4.82. The summed E-state index contributed by atoms with van der Waals surface area (Å²) in [5.74, 6) is -0.732. The third-order valence-electron chi connectivity index (χ3n) is 2.35. The predicted molar refractivity (Wildman–Crippen MR) is 52.2 cm³/mol. The lowest BCUT2D eigenvalue weighted by Crippen LogP contribution is -2.23. The Labute approximate surface area is 91.4 Å². The highest BCUT2D eigenvalue weighted by atomic mass is 16.6. The van der Waals surface area contributed by atoms with Gasteiger partial charge in [-0.25, -0.2) is 9.59 Å². The molecule has 0 unspecified atom stereocenters. The van der Waals surface area contributed by atoms with Crippen LogP contribution in [-0.2, 0) is 11.3 Å². The first kappa shape index (κ1) is 10.5. The van der Waals surface area contributed by atoms with E-state index in [1.54, 1.807) is 13.0 Å². The van der Waals surface area contributed by atoms with Gasteiger partial charge in [0.2, 0.25) is 5.76 Å². The van der Waals surface area contributed by atoms with Crippen LogP contribution in [0.3, 0.4) is 0 Å². The lowest BCUT2D eigenvalue weighted by atomic mass is 10.2. The number of carbonyl (C=O) groups is 2. The van der Waals surface area contributed by atoms with E-state index in [0.29, 0.717) is 24.5 Å². The number of aromatic carboxylic acids is 1. The molecule has 2 rings (SSSR count). The summed E-state index contributed by atoms with van der Waals surface area (Å²) in [6.07, 6.45) is -0.397. The maximum atomic E-state index is 11.1. The Morgan fingerprint density at radius 2 is 2.38 bits per heavy atom. The molecule has 1 aromatic heterocycles. The number of carboxylic acid groups (broad SMARTS) is 1. The highest BCUT2D eigenvalue weighted by molar-refractivity contribution is 5.86. The smallest absolute Gasteiger partial charge is 0.410 e. The number of aryl methyl sites for hydroxylation is 1. The zero-order valence-corrected chi connectivity index (χ0v) is 8.73. The van der Waals surface area contributed by atoms with Crippen molar-refractivity contribution in [3.63, 3.8) is 0 Å². The average molecular weight is 225 g/mol. The van der Waals surface area contributed by atoms with E-state index >= 15 is 0 Å². The monoisotopic (exact) mass is 225 g/mol. The van der Waals surface area contributed by atoms with Crippen LogP contribution < -0.4 is 0 Å². The molecule has 0 aliphatic carbocycles. The Morgan fingerprint density at radius 1 is 1.62 bits per heavy atom. The number of carbonyl (C=O) groups excluding carboxylic acids is 1. The molecule has 1 aliphatic heterocycles. The van der Waals surface area contributed by atoms with Crippen LogP contribution in [0.15, 0.2) is 10.5 Å². The van der Waals surface area contributed by atoms with Crippen molar-refractivity contribution in [1.29, 1.82) is 0 Å². The Kier molecular flexibility index (Phi) is 2.55. The third-order valence-corrected chi connectivity index (χ3v) is 2.35. The molecule has 1 saturated heterocycles. The van der Waals surface area contributed by atoms with E-state index in [4.69, 9.17) is 14.3 Å². The quantitative estimate of drug-likeness (QED) is 0.837. The molecule has 86 valence electrons. The summed E-state index contributed by atoms with van der Waals surface area (Å²) in [5, 5.41) is 8.79. The van der Waals surface area contributed by atoms with Gasteiger partial charge < -0.3 is 14.3 Å². The highest BCUT2D eigenvalue weighted by Gasteiger charge is 2.24. The molecule has 1 fully saturated rings. The first-order chi connectivity index (χ1) is 7.58. The van der Waals surface area contributed by atoms with E-state index in [1.807, 2.05) is 0 Å². The second kappa shape index (κ2) is 3.88. The number of amides is 1. The molecule has 0 atom stereocenters. The Morgan fingerprint density at radius 3 is 2.88 bits per heavy atom. The number of hydrogen-bond donors (Lipinski definition) is 1. The normalized spacial score (nSPS) is 15.3. The topological polar surface area (TPSA) is 80.0 Å². The minimum atomic E-state index is -1.10. The lowest BCUT2D eigenvalue weighted by Gasteiger charge is -2.09. The van der Waals surface area contributed by atoms with Crippen molar-refractivity contribution in [3.05, 3.63) is 23.2 Å². The molecular weight excluding hydrogens is 214 g/mol. The van der Waals surface area contributed by atoms with Crippen molar-refractivity contribution in [3.8, 4) is 0 Å². The van der Waals surface area contributed by atoms with E-state index in [-0.39, 0.29) is 12.3 Å². The summed E-state index contributed by atoms with van der Waals surface area (Å²) in [4.78, 5) is 23.3. The number of cyclic esters (lactones) is 1. The largest absolute Gasteiger partial charge is 0.475 e. The number of nitrogens with zero attached hydrogens (tertiary/aromatic N) is 1. The molecule has 6 nitrogen and oxygen atoms in total. The van der Waals surface area contributed by atoms with Crippen LogP contribution in [0.4, 0.5) is 4.79 Å². The Bertz CT molecular complexity index is 436. The maximum Gasteiger partial charge on any atom is 0.410 e. The van der Waals surface area contributed by atoms with Gasteiger partial charge in [-0.3, -0.25) is 4.90 Å². The molecule has 2 heterocycles. The van der Waals surface area contributed by atoms with Crippen LogP contribution in [0.2, 0.25) is 0 Å². The van der Waals surface area contributed by atoms with E-state index in [1.165, 1.54) is 4.90 Å². The van der Waals surface area contributed by atoms with Crippen LogP contribution in [0.5, 0.6) is 0 Å². The molecule has 1 amide bonds. The summed E-state index contributed by atoms with van der Waals surface area (Å²) in [6, 6.07) is 1.62. The van der Waals surface area contributed by atoms with Crippen molar-refractivity contribution < 1.29 is 23.8 Å². The van der Waals surface area contributed by atoms with Crippen LogP contribution in [0.1, 0.15) is 21.9 Å². The summed E-state index contributed by atoms with van der Waals surface area (Å²) >= 11 is 0. The van der Waals surface area contributed by atoms with Gasteiger partial charge in [0.05, 0.1) is 13.1 Å². The lowest BCUT2D eigenvalue weighted by molar-refractivity contribution is 0.0658. The van der Waals surface area contributed by atoms with Gasteiger partial charge in [0.15, 0.2) is 0 Å². The van der Waals surface area contributed by atoms with Crippen molar-refractivity contribution in [2.24, 2.45) is 0 Å². The summed E-state index contributed by atoms with van der Waals surface area (Å²) in [5.41, 5.74) is 0.551.